The van der Waals surface area contributed by atoms with Gasteiger partial charge >= 0.3 is 0 Å². The molecule has 1 heterocycles. The van der Waals surface area contributed by atoms with Crippen LogP contribution in [-0.4, -0.2) is 4.98 Å². The molecule has 15 heavy (non-hydrogen) atoms. The van der Waals surface area contributed by atoms with Gasteiger partial charge in [-0.25, -0.2) is 13.8 Å². The number of benzene rings is 1. The van der Waals surface area contributed by atoms with Crippen molar-refractivity contribution in [2.24, 2.45) is 0 Å². The maximum Gasteiger partial charge on any atom is 0.260 e. The molecule has 0 radical (unpaired) electrons. The van der Waals surface area contributed by atoms with Gasteiger partial charge in [0.05, 0.1) is 11.9 Å². The average molecular weight is 228 g/mol. The Morgan fingerprint density at radius 2 is 2.13 bits per heavy atom. The second-order valence-electron chi connectivity index (χ2n) is 2.70. The van der Waals surface area contributed by atoms with Crippen LogP contribution in [0.3, 0.4) is 0 Å². The summed E-state index contributed by atoms with van der Waals surface area (Å²) in [5, 5.41) is 0.284. The number of hydrogen-bond acceptors (Lipinski definition) is 4. The minimum atomic E-state index is -0.788. The van der Waals surface area contributed by atoms with E-state index in [0.717, 1.165) is 23.9 Å². The van der Waals surface area contributed by atoms with Crippen LogP contribution in [0, 0.1) is 11.6 Å². The molecular formula is C9H6F2N2OS. The molecule has 0 amide bonds. The molecule has 0 spiro atoms. The van der Waals surface area contributed by atoms with Gasteiger partial charge in [0.2, 0.25) is 0 Å². The number of nitrogen functional groups attached to an aromatic ring is 1. The molecule has 2 aromatic rings. The van der Waals surface area contributed by atoms with Crippen LogP contribution in [0.25, 0.3) is 0 Å². The molecule has 0 aliphatic heterocycles. The average Bonchev–Trinajstić information content (AvgIpc) is 2.66. The van der Waals surface area contributed by atoms with Crippen LogP contribution in [0.15, 0.2) is 39.1 Å². The molecule has 0 saturated heterocycles. The highest BCUT2D eigenvalue weighted by molar-refractivity contribution is 7.99. The number of hydrogen-bond donors (Lipinski definition) is 1. The Balaban J connectivity index is 2.36. The minimum absolute atomic E-state index is 0.111. The van der Waals surface area contributed by atoms with Crippen molar-refractivity contribution < 1.29 is 13.2 Å². The molecular weight excluding hydrogens is 222 g/mol. The van der Waals surface area contributed by atoms with Gasteiger partial charge in [0.1, 0.15) is 17.9 Å². The highest BCUT2D eigenvalue weighted by Gasteiger charge is 2.11. The van der Waals surface area contributed by atoms with Gasteiger partial charge in [-0.05, 0) is 17.8 Å². The van der Waals surface area contributed by atoms with E-state index < -0.39 is 11.6 Å². The van der Waals surface area contributed by atoms with Crippen molar-refractivity contribution in [1.82, 2.24) is 4.98 Å². The number of oxazole rings is 1. The molecule has 0 unspecified atom stereocenters. The van der Waals surface area contributed by atoms with E-state index in [1.54, 1.807) is 0 Å². The first kappa shape index (κ1) is 9.97. The van der Waals surface area contributed by atoms with Crippen LogP contribution in [0.5, 0.6) is 0 Å². The number of rotatable bonds is 2. The molecule has 0 fully saturated rings. The summed E-state index contributed by atoms with van der Waals surface area (Å²) < 4.78 is 30.8. The molecule has 0 bridgehead atoms. The SMILES string of the molecule is Nc1c(F)cc(F)cc1Sc1ncco1. The summed E-state index contributed by atoms with van der Waals surface area (Å²) in [6.07, 6.45) is 2.81. The number of aromatic nitrogens is 1. The summed E-state index contributed by atoms with van der Waals surface area (Å²) in [6, 6.07) is 1.86. The van der Waals surface area contributed by atoms with E-state index >= 15 is 0 Å². The van der Waals surface area contributed by atoms with Crippen molar-refractivity contribution in [2.75, 3.05) is 5.73 Å². The van der Waals surface area contributed by atoms with Crippen molar-refractivity contribution in [3.05, 3.63) is 36.2 Å². The largest absolute Gasteiger partial charge is 0.440 e. The lowest BCUT2D eigenvalue weighted by molar-refractivity contribution is 0.454. The van der Waals surface area contributed by atoms with Crippen LogP contribution in [0.1, 0.15) is 0 Å². The Morgan fingerprint density at radius 3 is 2.80 bits per heavy atom. The Labute approximate surface area is 88.3 Å². The first-order chi connectivity index (χ1) is 7.16. The standard InChI is InChI=1S/C9H6F2N2OS/c10-5-3-6(11)8(12)7(4-5)15-9-13-1-2-14-9/h1-4H,12H2. The summed E-state index contributed by atoms with van der Waals surface area (Å²) in [5.74, 6) is -1.47. The highest BCUT2D eigenvalue weighted by Crippen LogP contribution is 2.32. The van der Waals surface area contributed by atoms with E-state index in [9.17, 15) is 8.78 Å². The Bertz CT molecular complexity index is 473. The van der Waals surface area contributed by atoms with Crippen LogP contribution in [0.4, 0.5) is 14.5 Å². The van der Waals surface area contributed by atoms with E-state index in [4.69, 9.17) is 10.2 Å². The minimum Gasteiger partial charge on any atom is -0.440 e. The maximum absolute atomic E-state index is 13.0. The van der Waals surface area contributed by atoms with Crippen molar-refractivity contribution in [1.29, 1.82) is 0 Å². The summed E-state index contributed by atoms with van der Waals surface area (Å²) in [4.78, 5) is 4.05. The Kier molecular flexibility index (Phi) is 2.59. The fourth-order valence-corrected chi connectivity index (χ4v) is 1.78. The Morgan fingerprint density at radius 1 is 1.33 bits per heavy atom. The molecule has 0 saturated carbocycles. The molecule has 0 aliphatic carbocycles. The fourth-order valence-electron chi connectivity index (χ4n) is 1.00. The zero-order valence-corrected chi connectivity index (χ0v) is 8.22. The molecule has 1 aromatic heterocycles. The van der Waals surface area contributed by atoms with Gasteiger partial charge in [0, 0.05) is 11.0 Å². The summed E-state index contributed by atoms with van der Waals surface area (Å²) >= 11 is 0.966. The third-order valence-corrected chi connectivity index (χ3v) is 2.60. The Hall–Kier alpha value is -1.56. The van der Waals surface area contributed by atoms with Gasteiger partial charge < -0.3 is 10.2 Å². The van der Waals surface area contributed by atoms with E-state index in [1.165, 1.54) is 12.5 Å². The number of nitrogens with two attached hydrogens (primary N) is 1. The molecule has 78 valence electrons. The maximum atomic E-state index is 13.0. The van der Waals surface area contributed by atoms with Gasteiger partial charge in [-0.1, -0.05) is 0 Å². The van der Waals surface area contributed by atoms with E-state index in [2.05, 4.69) is 4.98 Å². The summed E-state index contributed by atoms with van der Waals surface area (Å²) in [6.45, 7) is 0. The highest BCUT2D eigenvalue weighted by atomic mass is 32.2. The molecule has 0 atom stereocenters. The zero-order valence-electron chi connectivity index (χ0n) is 7.41. The second kappa shape index (κ2) is 3.90. The summed E-state index contributed by atoms with van der Waals surface area (Å²) in [7, 11) is 0. The lowest BCUT2D eigenvalue weighted by atomic mass is 10.3. The van der Waals surface area contributed by atoms with Crippen LogP contribution in [-0.2, 0) is 0 Å². The molecule has 2 N–H and O–H groups in total. The van der Waals surface area contributed by atoms with E-state index in [1.807, 2.05) is 0 Å². The molecule has 1 aromatic carbocycles. The smallest absolute Gasteiger partial charge is 0.260 e. The lowest BCUT2D eigenvalue weighted by Gasteiger charge is -2.03. The molecule has 6 heteroatoms. The third kappa shape index (κ3) is 2.10. The third-order valence-electron chi connectivity index (χ3n) is 1.66. The normalized spacial score (nSPS) is 10.5. The molecule has 0 aliphatic rings. The van der Waals surface area contributed by atoms with Crippen molar-refractivity contribution in [3.8, 4) is 0 Å². The number of halogens is 2. The van der Waals surface area contributed by atoms with Gasteiger partial charge in [-0.3, -0.25) is 0 Å². The molecule has 2 rings (SSSR count). The number of anilines is 1. The zero-order chi connectivity index (χ0) is 10.8. The monoisotopic (exact) mass is 228 g/mol. The molecule has 3 nitrogen and oxygen atoms in total. The predicted octanol–water partition coefficient (Wildman–Crippen LogP) is 2.69. The first-order valence-electron chi connectivity index (χ1n) is 3.98. The van der Waals surface area contributed by atoms with Crippen molar-refractivity contribution >= 4 is 17.4 Å². The topological polar surface area (TPSA) is 52.0 Å². The van der Waals surface area contributed by atoms with Crippen molar-refractivity contribution in [3.63, 3.8) is 0 Å². The van der Waals surface area contributed by atoms with Gasteiger partial charge in [-0.15, -0.1) is 0 Å². The van der Waals surface area contributed by atoms with Crippen LogP contribution >= 0.6 is 11.8 Å². The van der Waals surface area contributed by atoms with Gasteiger partial charge in [0.25, 0.3) is 5.22 Å². The van der Waals surface area contributed by atoms with Gasteiger partial charge in [0.15, 0.2) is 0 Å². The predicted molar refractivity (Wildman–Crippen MR) is 51.4 cm³/mol. The summed E-state index contributed by atoms with van der Waals surface area (Å²) in [5.41, 5.74) is 5.32. The fraction of sp³-hybridized carbons (Fsp3) is 0. The second-order valence-corrected chi connectivity index (χ2v) is 3.69. The first-order valence-corrected chi connectivity index (χ1v) is 4.80. The van der Waals surface area contributed by atoms with Crippen LogP contribution in [0.2, 0.25) is 0 Å². The van der Waals surface area contributed by atoms with Crippen LogP contribution < -0.4 is 5.73 Å². The quantitative estimate of drug-likeness (QED) is 0.803. The van der Waals surface area contributed by atoms with E-state index in [0.29, 0.717) is 0 Å². The number of nitrogens with zero attached hydrogens (tertiary/aromatic N) is 1. The van der Waals surface area contributed by atoms with Gasteiger partial charge in [-0.2, -0.15) is 0 Å². The lowest BCUT2D eigenvalue weighted by Crippen LogP contribution is -1.94. The van der Waals surface area contributed by atoms with E-state index in [-0.39, 0.29) is 15.8 Å². The van der Waals surface area contributed by atoms with Crippen molar-refractivity contribution in [2.45, 2.75) is 10.1 Å².